The predicted octanol–water partition coefficient (Wildman–Crippen LogP) is -0.807. The van der Waals surface area contributed by atoms with E-state index < -0.39 is 49.1 Å². The standard InChI is InChI=1S/C10H14F2O7/c1-3(13)17-8-6(16)5(15)7(9(11)12)19-10(8)18-4(2)14/h5-10,15-16H,1-2H3/t5-,6+,7+,8-,10?/m0/s1. The lowest BCUT2D eigenvalue weighted by Crippen LogP contribution is -2.61. The Balaban J connectivity index is 2.92. The normalized spacial score (nSPS) is 35.0. The minimum Gasteiger partial charge on any atom is -0.453 e. The third-order valence-corrected chi connectivity index (χ3v) is 2.42. The quantitative estimate of drug-likeness (QED) is 0.653. The molecule has 1 heterocycles. The van der Waals surface area contributed by atoms with E-state index >= 15 is 0 Å². The number of alkyl halides is 2. The third-order valence-electron chi connectivity index (χ3n) is 2.42. The highest BCUT2D eigenvalue weighted by atomic mass is 19.3. The number of ether oxygens (including phenoxy) is 3. The van der Waals surface area contributed by atoms with Crippen LogP contribution in [0.5, 0.6) is 0 Å². The molecule has 7 nitrogen and oxygen atoms in total. The van der Waals surface area contributed by atoms with Crippen LogP contribution in [-0.2, 0) is 23.8 Å². The molecule has 0 radical (unpaired) electrons. The lowest BCUT2D eigenvalue weighted by Gasteiger charge is -2.40. The molecule has 5 atom stereocenters. The van der Waals surface area contributed by atoms with Crippen molar-refractivity contribution in [3.8, 4) is 0 Å². The van der Waals surface area contributed by atoms with Crippen molar-refractivity contribution in [3.63, 3.8) is 0 Å². The average molecular weight is 284 g/mol. The number of carbonyl (C=O) groups excluding carboxylic acids is 2. The lowest BCUT2D eigenvalue weighted by atomic mass is 9.99. The number of esters is 2. The van der Waals surface area contributed by atoms with E-state index in [9.17, 15) is 28.6 Å². The Hall–Kier alpha value is -1.32. The van der Waals surface area contributed by atoms with E-state index in [1.54, 1.807) is 0 Å². The molecule has 0 bridgehead atoms. The average Bonchev–Trinajstić information content (AvgIpc) is 2.27. The summed E-state index contributed by atoms with van der Waals surface area (Å²) < 4.78 is 39.1. The van der Waals surface area contributed by atoms with Crippen LogP contribution in [0.25, 0.3) is 0 Å². The zero-order valence-electron chi connectivity index (χ0n) is 10.2. The summed E-state index contributed by atoms with van der Waals surface area (Å²) in [7, 11) is 0. The minimum absolute atomic E-state index is 0.854. The Bertz CT molecular complexity index is 349. The highest BCUT2D eigenvalue weighted by Gasteiger charge is 2.51. The maximum absolute atomic E-state index is 12.6. The Labute approximate surface area is 107 Å². The third kappa shape index (κ3) is 3.82. The van der Waals surface area contributed by atoms with E-state index in [0.717, 1.165) is 13.8 Å². The van der Waals surface area contributed by atoms with E-state index in [-0.39, 0.29) is 0 Å². The number of rotatable bonds is 3. The summed E-state index contributed by atoms with van der Waals surface area (Å²) in [6.45, 7) is 1.99. The molecule has 0 aliphatic carbocycles. The molecule has 1 rings (SSSR count). The number of aliphatic hydroxyl groups excluding tert-OH is 2. The zero-order chi connectivity index (χ0) is 14.7. The van der Waals surface area contributed by atoms with Gasteiger partial charge in [0.2, 0.25) is 6.29 Å². The Morgan fingerprint density at radius 3 is 2.05 bits per heavy atom. The zero-order valence-corrected chi connectivity index (χ0v) is 10.2. The van der Waals surface area contributed by atoms with Crippen LogP contribution in [-0.4, -0.2) is 59.3 Å². The number of hydrogen-bond acceptors (Lipinski definition) is 7. The van der Waals surface area contributed by atoms with Gasteiger partial charge in [0.15, 0.2) is 12.2 Å². The van der Waals surface area contributed by atoms with Crippen molar-refractivity contribution < 1.29 is 42.8 Å². The van der Waals surface area contributed by atoms with Gasteiger partial charge in [-0.2, -0.15) is 0 Å². The summed E-state index contributed by atoms with van der Waals surface area (Å²) in [6, 6.07) is 0. The van der Waals surface area contributed by atoms with Crippen LogP contribution >= 0.6 is 0 Å². The van der Waals surface area contributed by atoms with Crippen molar-refractivity contribution in [2.75, 3.05) is 0 Å². The van der Waals surface area contributed by atoms with Crippen molar-refractivity contribution in [3.05, 3.63) is 0 Å². The largest absolute Gasteiger partial charge is 0.453 e. The molecule has 0 amide bonds. The van der Waals surface area contributed by atoms with Gasteiger partial charge in [0.05, 0.1) is 0 Å². The van der Waals surface area contributed by atoms with Gasteiger partial charge in [-0.25, -0.2) is 8.78 Å². The van der Waals surface area contributed by atoms with Gasteiger partial charge in [0, 0.05) is 13.8 Å². The van der Waals surface area contributed by atoms with Gasteiger partial charge in [0.1, 0.15) is 12.2 Å². The summed E-state index contributed by atoms with van der Waals surface area (Å²) >= 11 is 0. The highest BCUT2D eigenvalue weighted by molar-refractivity contribution is 5.67. The number of hydrogen-bond donors (Lipinski definition) is 2. The van der Waals surface area contributed by atoms with Gasteiger partial charge in [-0.15, -0.1) is 0 Å². The molecule has 110 valence electrons. The topological polar surface area (TPSA) is 102 Å². The lowest BCUT2D eigenvalue weighted by molar-refractivity contribution is -0.307. The fraction of sp³-hybridized carbons (Fsp3) is 0.800. The molecule has 9 heteroatoms. The summed E-state index contributed by atoms with van der Waals surface area (Å²) in [6.07, 6.45) is -12.3. The van der Waals surface area contributed by atoms with Crippen LogP contribution in [0.1, 0.15) is 13.8 Å². The van der Waals surface area contributed by atoms with Gasteiger partial charge in [-0.3, -0.25) is 9.59 Å². The van der Waals surface area contributed by atoms with Gasteiger partial charge in [-0.05, 0) is 0 Å². The van der Waals surface area contributed by atoms with Crippen molar-refractivity contribution in [1.82, 2.24) is 0 Å². The first-order valence-corrected chi connectivity index (χ1v) is 5.38. The highest BCUT2D eigenvalue weighted by Crippen LogP contribution is 2.27. The first kappa shape index (κ1) is 15.7. The Kier molecular flexibility index (Phi) is 5.15. The van der Waals surface area contributed by atoms with Crippen molar-refractivity contribution in [1.29, 1.82) is 0 Å². The van der Waals surface area contributed by atoms with Crippen LogP contribution in [0, 0.1) is 0 Å². The second-order valence-electron chi connectivity index (χ2n) is 3.97. The molecule has 1 fully saturated rings. The fourth-order valence-corrected chi connectivity index (χ4v) is 1.65. The van der Waals surface area contributed by atoms with Crippen molar-refractivity contribution in [2.24, 2.45) is 0 Å². The van der Waals surface area contributed by atoms with E-state index in [1.807, 2.05) is 0 Å². The molecule has 19 heavy (non-hydrogen) atoms. The molecule has 2 N–H and O–H groups in total. The molecule has 0 aromatic carbocycles. The monoisotopic (exact) mass is 284 g/mol. The molecule has 0 aromatic rings. The molecular weight excluding hydrogens is 270 g/mol. The summed E-state index contributed by atoms with van der Waals surface area (Å²) in [4.78, 5) is 21.7. The Morgan fingerprint density at radius 1 is 1.11 bits per heavy atom. The van der Waals surface area contributed by atoms with Gasteiger partial charge in [-0.1, -0.05) is 0 Å². The maximum atomic E-state index is 12.6. The van der Waals surface area contributed by atoms with Crippen LogP contribution in [0.15, 0.2) is 0 Å². The molecule has 0 saturated carbocycles. The van der Waals surface area contributed by atoms with Crippen LogP contribution in [0.3, 0.4) is 0 Å². The fourth-order valence-electron chi connectivity index (χ4n) is 1.65. The molecule has 0 aromatic heterocycles. The predicted molar refractivity (Wildman–Crippen MR) is 54.0 cm³/mol. The molecular formula is C10H14F2O7. The van der Waals surface area contributed by atoms with E-state index in [2.05, 4.69) is 14.2 Å². The molecule has 1 aliphatic rings. The SMILES string of the molecule is CC(=O)OC1O[C@@H](C(F)F)[C@@H](O)[C@@H](O)[C@@H]1OC(C)=O. The first-order valence-electron chi connectivity index (χ1n) is 5.38. The Morgan fingerprint density at radius 2 is 1.63 bits per heavy atom. The summed E-state index contributed by atoms with van der Waals surface area (Å²) in [5, 5.41) is 19.1. The van der Waals surface area contributed by atoms with Crippen molar-refractivity contribution >= 4 is 11.9 Å². The van der Waals surface area contributed by atoms with Crippen molar-refractivity contribution in [2.45, 2.75) is 51.0 Å². The van der Waals surface area contributed by atoms with Gasteiger partial charge in [0.25, 0.3) is 6.43 Å². The number of halogens is 2. The van der Waals surface area contributed by atoms with Crippen LogP contribution in [0.4, 0.5) is 8.78 Å². The van der Waals surface area contributed by atoms with Gasteiger partial charge >= 0.3 is 11.9 Å². The van der Waals surface area contributed by atoms with E-state index in [0.29, 0.717) is 0 Å². The minimum atomic E-state index is -3.11. The molecule has 0 spiro atoms. The van der Waals surface area contributed by atoms with E-state index in [1.165, 1.54) is 0 Å². The smallest absolute Gasteiger partial charge is 0.305 e. The second kappa shape index (κ2) is 6.22. The van der Waals surface area contributed by atoms with Crippen LogP contribution in [0.2, 0.25) is 0 Å². The van der Waals surface area contributed by atoms with E-state index in [4.69, 9.17) is 0 Å². The number of carbonyl (C=O) groups is 2. The molecule has 1 aliphatic heterocycles. The van der Waals surface area contributed by atoms with Crippen LogP contribution < -0.4 is 0 Å². The first-order chi connectivity index (χ1) is 8.73. The second-order valence-corrected chi connectivity index (χ2v) is 3.97. The maximum Gasteiger partial charge on any atom is 0.305 e. The summed E-state index contributed by atoms with van der Waals surface area (Å²) in [5.74, 6) is -1.73. The van der Waals surface area contributed by atoms with Gasteiger partial charge < -0.3 is 24.4 Å². The molecule has 1 saturated heterocycles. The number of aliphatic hydroxyl groups is 2. The summed E-state index contributed by atoms with van der Waals surface area (Å²) in [5.41, 5.74) is 0. The molecule has 1 unspecified atom stereocenters.